The average molecular weight is 230 g/mol. The predicted molar refractivity (Wildman–Crippen MR) is 64.8 cm³/mol. The average Bonchev–Trinajstić information content (AvgIpc) is 2.34. The Balaban J connectivity index is 2.15. The molecule has 1 heterocycles. The molecule has 4 nitrogen and oxygen atoms in total. The number of hydrogen-bond donors (Lipinski definition) is 1. The van der Waals surface area contributed by atoms with E-state index >= 15 is 0 Å². The minimum absolute atomic E-state index is 0.220. The Labute approximate surface area is 99.7 Å². The number of piperidine rings is 1. The molecule has 2 rings (SSSR count). The van der Waals surface area contributed by atoms with Gasteiger partial charge >= 0.3 is 0 Å². The zero-order valence-electron chi connectivity index (χ0n) is 9.64. The van der Waals surface area contributed by atoms with E-state index in [4.69, 9.17) is 0 Å². The standard InChI is InChI=1S/C13H14N2O2/c1-13(8-7-11(16)15-12(13)17)14-9-10-5-3-2-4-6-10/h2-6,9H,7-8H2,1H3,(H,15,16,17). The molecule has 1 aromatic carbocycles. The summed E-state index contributed by atoms with van der Waals surface area (Å²) in [6.45, 7) is 1.74. The quantitative estimate of drug-likeness (QED) is 0.615. The van der Waals surface area contributed by atoms with Crippen molar-refractivity contribution in [3.05, 3.63) is 35.9 Å². The van der Waals surface area contributed by atoms with Crippen molar-refractivity contribution in [1.29, 1.82) is 0 Å². The van der Waals surface area contributed by atoms with Crippen LogP contribution in [0.5, 0.6) is 0 Å². The van der Waals surface area contributed by atoms with Gasteiger partial charge in [0, 0.05) is 12.6 Å². The largest absolute Gasteiger partial charge is 0.294 e. The van der Waals surface area contributed by atoms with E-state index in [-0.39, 0.29) is 11.8 Å². The fourth-order valence-corrected chi connectivity index (χ4v) is 1.67. The number of carbonyl (C=O) groups is 2. The van der Waals surface area contributed by atoms with Crippen molar-refractivity contribution in [3.8, 4) is 0 Å². The third-order valence-electron chi connectivity index (χ3n) is 2.88. The highest BCUT2D eigenvalue weighted by atomic mass is 16.2. The molecule has 0 aliphatic carbocycles. The number of nitrogens with one attached hydrogen (secondary N) is 1. The van der Waals surface area contributed by atoms with E-state index in [0.29, 0.717) is 12.8 Å². The van der Waals surface area contributed by atoms with Gasteiger partial charge in [-0.1, -0.05) is 30.3 Å². The summed E-state index contributed by atoms with van der Waals surface area (Å²) in [6, 6.07) is 9.57. The van der Waals surface area contributed by atoms with Gasteiger partial charge in [-0.25, -0.2) is 0 Å². The van der Waals surface area contributed by atoms with Gasteiger partial charge in [0.05, 0.1) is 0 Å². The van der Waals surface area contributed by atoms with Crippen LogP contribution in [0.25, 0.3) is 0 Å². The number of benzene rings is 1. The second-order valence-electron chi connectivity index (χ2n) is 4.32. The Morgan fingerprint density at radius 3 is 2.65 bits per heavy atom. The number of imide groups is 1. The number of hydrogen-bond acceptors (Lipinski definition) is 3. The summed E-state index contributed by atoms with van der Waals surface area (Å²) < 4.78 is 0. The van der Waals surface area contributed by atoms with Crippen LogP contribution < -0.4 is 5.32 Å². The summed E-state index contributed by atoms with van der Waals surface area (Å²) in [5.74, 6) is -0.539. The molecular formula is C13H14N2O2. The SMILES string of the molecule is CC1(N=Cc2ccccc2)CCC(=O)NC1=O. The maximum absolute atomic E-state index is 11.7. The fourth-order valence-electron chi connectivity index (χ4n) is 1.67. The Hall–Kier alpha value is -1.97. The van der Waals surface area contributed by atoms with E-state index in [2.05, 4.69) is 10.3 Å². The van der Waals surface area contributed by atoms with Crippen LogP contribution in [0.1, 0.15) is 25.3 Å². The maximum Gasteiger partial charge on any atom is 0.254 e. The molecule has 1 N–H and O–H groups in total. The van der Waals surface area contributed by atoms with Crippen molar-refractivity contribution >= 4 is 18.0 Å². The van der Waals surface area contributed by atoms with Crippen molar-refractivity contribution in [3.63, 3.8) is 0 Å². The highest BCUT2D eigenvalue weighted by Crippen LogP contribution is 2.21. The molecule has 17 heavy (non-hydrogen) atoms. The van der Waals surface area contributed by atoms with Gasteiger partial charge in [0.15, 0.2) is 0 Å². The van der Waals surface area contributed by atoms with E-state index < -0.39 is 5.54 Å². The summed E-state index contributed by atoms with van der Waals surface area (Å²) in [7, 11) is 0. The molecule has 1 aliphatic rings. The van der Waals surface area contributed by atoms with Crippen molar-refractivity contribution < 1.29 is 9.59 Å². The highest BCUT2D eigenvalue weighted by molar-refractivity contribution is 6.03. The zero-order chi connectivity index (χ0) is 12.3. The Bertz CT molecular complexity index is 468. The number of aliphatic imine (C=N–C) groups is 1. The van der Waals surface area contributed by atoms with Crippen molar-refractivity contribution in [2.45, 2.75) is 25.3 Å². The summed E-state index contributed by atoms with van der Waals surface area (Å²) in [6.07, 6.45) is 2.48. The number of carbonyl (C=O) groups excluding carboxylic acids is 2. The van der Waals surface area contributed by atoms with E-state index in [1.807, 2.05) is 30.3 Å². The Kier molecular flexibility index (Phi) is 3.04. The monoisotopic (exact) mass is 230 g/mol. The van der Waals surface area contributed by atoms with Crippen LogP contribution in [0.3, 0.4) is 0 Å². The first-order valence-electron chi connectivity index (χ1n) is 5.55. The van der Waals surface area contributed by atoms with E-state index in [1.54, 1.807) is 13.1 Å². The third kappa shape index (κ3) is 2.58. The van der Waals surface area contributed by atoms with Gasteiger partial charge < -0.3 is 0 Å². The molecule has 0 spiro atoms. The maximum atomic E-state index is 11.7. The Morgan fingerprint density at radius 1 is 1.29 bits per heavy atom. The number of nitrogens with zero attached hydrogens (tertiary/aromatic N) is 1. The molecular weight excluding hydrogens is 216 g/mol. The molecule has 88 valence electrons. The van der Waals surface area contributed by atoms with E-state index in [9.17, 15) is 9.59 Å². The van der Waals surface area contributed by atoms with E-state index in [1.165, 1.54) is 0 Å². The summed E-state index contributed by atoms with van der Waals surface area (Å²) in [4.78, 5) is 27.1. The van der Waals surface area contributed by atoms with Gasteiger partial charge in [-0.2, -0.15) is 0 Å². The molecule has 1 fully saturated rings. The molecule has 1 saturated heterocycles. The van der Waals surface area contributed by atoms with Crippen molar-refractivity contribution in [1.82, 2.24) is 5.32 Å². The lowest BCUT2D eigenvalue weighted by atomic mass is 9.92. The van der Waals surface area contributed by atoms with Crippen LogP contribution in [-0.2, 0) is 9.59 Å². The molecule has 1 atom stereocenters. The normalized spacial score (nSPS) is 25.0. The first-order valence-corrected chi connectivity index (χ1v) is 5.55. The van der Waals surface area contributed by atoms with Crippen LogP contribution >= 0.6 is 0 Å². The minimum Gasteiger partial charge on any atom is -0.294 e. The molecule has 1 unspecified atom stereocenters. The van der Waals surface area contributed by atoms with Crippen molar-refractivity contribution in [2.75, 3.05) is 0 Å². The highest BCUT2D eigenvalue weighted by Gasteiger charge is 2.37. The van der Waals surface area contributed by atoms with Crippen LogP contribution in [0.4, 0.5) is 0 Å². The first-order chi connectivity index (χ1) is 8.10. The van der Waals surface area contributed by atoms with Gasteiger partial charge in [0.1, 0.15) is 5.54 Å². The zero-order valence-corrected chi connectivity index (χ0v) is 9.64. The van der Waals surface area contributed by atoms with Gasteiger partial charge in [0.25, 0.3) is 5.91 Å². The lowest BCUT2D eigenvalue weighted by molar-refractivity contribution is -0.136. The van der Waals surface area contributed by atoms with Crippen LogP contribution in [0.2, 0.25) is 0 Å². The molecule has 2 amide bonds. The lowest BCUT2D eigenvalue weighted by Crippen LogP contribution is -2.50. The first kappa shape index (κ1) is 11.5. The van der Waals surface area contributed by atoms with Gasteiger partial charge in [0.2, 0.25) is 5.91 Å². The van der Waals surface area contributed by atoms with Gasteiger partial charge in [-0.3, -0.25) is 19.9 Å². The minimum atomic E-state index is -0.830. The Morgan fingerprint density at radius 2 is 2.00 bits per heavy atom. The molecule has 1 aliphatic heterocycles. The van der Waals surface area contributed by atoms with Crippen LogP contribution in [-0.4, -0.2) is 23.6 Å². The van der Waals surface area contributed by atoms with Crippen LogP contribution in [0.15, 0.2) is 35.3 Å². The fraction of sp³-hybridized carbons (Fsp3) is 0.308. The second-order valence-corrected chi connectivity index (χ2v) is 4.32. The number of rotatable bonds is 2. The molecule has 1 aromatic rings. The predicted octanol–water partition coefficient (Wildman–Crippen LogP) is 1.30. The van der Waals surface area contributed by atoms with Crippen LogP contribution in [0, 0.1) is 0 Å². The topological polar surface area (TPSA) is 58.5 Å². The molecule has 0 saturated carbocycles. The van der Waals surface area contributed by atoms with E-state index in [0.717, 1.165) is 5.56 Å². The smallest absolute Gasteiger partial charge is 0.254 e. The van der Waals surface area contributed by atoms with Gasteiger partial charge in [-0.15, -0.1) is 0 Å². The molecule has 0 radical (unpaired) electrons. The summed E-state index contributed by atoms with van der Waals surface area (Å²) >= 11 is 0. The van der Waals surface area contributed by atoms with Gasteiger partial charge in [-0.05, 0) is 18.9 Å². The second kappa shape index (κ2) is 4.49. The summed E-state index contributed by atoms with van der Waals surface area (Å²) in [5, 5.41) is 2.31. The molecule has 4 heteroatoms. The van der Waals surface area contributed by atoms with Crippen molar-refractivity contribution in [2.24, 2.45) is 4.99 Å². The summed E-state index contributed by atoms with van der Waals surface area (Å²) in [5.41, 5.74) is 0.113. The molecule has 0 aromatic heterocycles. The molecule has 0 bridgehead atoms. The third-order valence-corrected chi connectivity index (χ3v) is 2.88. The lowest BCUT2D eigenvalue weighted by Gasteiger charge is -2.27. The number of amides is 2.